The minimum Gasteiger partial charge on any atom is -0.236 e. The Labute approximate surface area is 170 Å². The van der Waals surface area contributed by atoms with Crippen LogP contribution in [-0.4, -0.2) is 24.7 Å². The zero-order valence-electron chi connectivity index (χ0n) is 17.6. The zero-order chi connectivity index (χ0) is 20.4. The maximum atomic E-state index is 12.8. The first kappa shape index (κ1) is 22.6. The van der Waals surface area contributed by atoms with Crippen molar-refractivity contribution in [2.75, 3.05) is 6.54 Å². The second-order valence-electron chi connectivity index (χ2n) is 7.47. The van der Waals surface area contributed by atoms with E-state index in [2.05, 4.69) is 16.7 Å². The highest BCUT2D eigenvalue weighted by molar-refractivity contribution is 7.89. The molecular weight excluding hydrogens is 370 g/mol. The first-order chi connectivity index (χ1) is 13.5. The second-order valence-corrected chi connectivity index (χ2v) is 9.18. The number of nitrogens with zero attached hydrogens (tertiary/aromatic N) is 2. The van der Waals surface area contributed by atoms with Crippen LogP contribution in [0, 0.1) is 13.8 Å². The van der Waals surface area contributed by atoms with Gasteiger partial charge in [-0.05, 0) is 32.4 Å². The number of benzene rings is 1. The van der Waals surface area contributed by atoms with Crippen LogP contribution in [0.25, 0.3) is 5.69 Å². The van der Waals surface area contributed by atoms with E-state index in [1.165, 1.54) is 44.9 Å². The SMILES string of the molecule is CCCCCCCCCCCNS(=O)(=O)c1c(C)nn(-c2ccccc2)c1C. The third-order valence-corrected chi connectivity index (χ3v) is 6.78. The molecule has 0 aliphatic carbocycles. The van der Waals surface area contributed by atoms with Crippen LogP contribution in [0.4, 0.5) is 0 Å². The highest BCUT2D eigenvalue weighted by Crippen LogP contribution is 2.22. The fourth-order valence-corrected chi connectivity index (χ4v) is 5.01. The molecule has 0 radical (unpaired) electrons. The lowest BCUT2D eigenvalue weighted by molar-refractivity contribution is 0.553. The smallest absolute Gasteiger partial charge is 0.236 e. The van der Waals surface area contributed by atoms with Crippen LogP contribution < -0.4 is 4.72 Å². The van der Waals surface area contributed by atoms with Gasteiger partial charge < -0.3 is 0 Å². The molecule has 28 heavy (non-hydrogen) atoms. The summed E-state index contributed by atoms with van der Waals surface area (Å²) < 4.78 is 30.0. The van der Waals surface area contributed by atoms with Crippen LogP contribution in [0.2, 0.25) is 0 Å². The van der Waals surface area contributed by atoms with Crippen molar-refractivity contribution in [3.8, 4) is 5.69 Å². The molecule has 2 rings (SSSR count). The van der Waals surface area contributed by atoms with Crippen molar-refractivity contribution in [2.45, 2.75) is 83.5 Å². The van der Waals surface area contributed by atoms with Crippen LogP contribution in [0.15, 0.2) is 35.2 Å². The summed E-state index contributed by atoms with van der Waals surface area (Å²) in [7, 11) is -3.55. The van der Waals surface area contributed by atoms with E-state index in [1.807, 2.05) is 30.3 Å². The van der Waals surface area contributed by atoms with Gasteiger partial charge >= 0.3 is 0 Å². The van der Waals surface area contributed by atoms with Gasteiger partial charge in [0.05, 0.1) is 17.1 Å². The van der Waals surface area contributed by atoms with E-state index in [1.54, 1.807) is 18.5 Å². The van der Waals surface area contributed by atoms with Gasteiger partial charge in [0, 0.05) is 6.54 Å². The first-order valence-corrected chi connectivity index (χ1v) is 12.1. The maximum absolute atomic E-state index is 12.8. The van der Waals surface area contributed by atoms with Gasteiger partial charge in [0.1, 0.15) is 4.90 Å². The largest absolute Gasteiger partial charge is 0.244 e. The molecule has 0 saturated carbocycles. The molecule has 0 atom stereocenters. The standard InChI is InChI=1S/C22H35N3O2S/c1-4-5-6-7-8-9-10-11-15-18-23-28(26,27)22-19(2)24-25(20(22)3)21-16-13-12-14-17-21/h12-14,16-17,23H,4-11,15,18H2,1-3H3. The number of nitrogens with one attached hydrogen (secondary N) is 1. The van der Waals surface area contributed by atoms with Gasteiger partial charge in [0.15, 0.2) is 0 Å². The van der Waals surface area contributed by atoms with Crippen molar-refractivity contribution < 1.29 is 8.42 Å². The minimum absolute atomic E-state index is 0.298. The van der Waals surface area contributed by atoms with Crippen LogP contribution in [0.3, 0.4) is 0 Å². The topological polar surface area (TPSA) is 64.0 Å². The molecule has 6 heteroatoms. The number of sulfonamides is 1. The van der Waals surface area contributed by atoms with E-state index in [0.29, 0.717) is 22.8 Å². The van der Waals surface area contributed by atoms with Gasteiger partial charge in [-0.2, -0.15) is 5.10 Å². The second kappa shape index (κ2) is 11.4. The number of unbranched alkanes of at least 4 members (excludes halogenated alkanes) is 8. The Morgan fingerprint density at radius 1 is 0.893 bits per heavy atom. The molecule has 1 heterocycles. The first-order valence-electron chi connectivity index (χ1n) is 10.6. The quantitative estimate of drug-likeness (QED) is 0.460. The van der Waals surface area contributed by atoms with E-state index in [-0.39, 0.29) is 0 Å². The summed E-state index contributed by atoms with van der Waals surface area (Å²) in [5.74, 6) is 0. The lowest BCUT2D eigenvalue weighted by Gasteiger charge is -2.08. The number of para-hydroxylation sites is 1. The summed E-state index contributed by atoms with van der Waals surface area (Å²) in [6, 6.07) is 9.61. The van der Waals surface area contributed by atoms with Gasteiger partial charge in [0.25, 0.3) is 0 Å². The fourth-order valence-electron chi connectivity index (χ4n) is 3.55. The van der Waals surface area contributed by atoms with E-state index in [4.69, 9.17) is 0 Å². The van der Waals surface area contributed by atoms with E-state index >= 15 is 0 Å². The number of aromatic nitrogens is 2. The summed E-state index contributed by atoms with van der Waals surface area (Å²) in [6.45, 7) is 6.27. The molecule has 0 spiro atoms. The van der Waals surface area contributed by atoms with E-state index < -0.39 is 10.0 Å². The molecule has 2 aromatic rings. The Morgan fingerprint density at radius 2 is 1.46 bits per heavy atom. The summed E-state index contributed by atoms with van der Waals surface area (Å²) in [4.78, 5) is 0.298. The Bertz CT molecular complexity index is 814. The Morgan fingerprint density at radius 3 is 2.07 bits per heavy atom. The number of rotatable bonds is 13. The molecule has 1 aromatic carbocycles. The highest BCUT2D eigenvalue weighted by atomic mass is 32.2. The van der Waals surface area contributed by atoms with Crippen molar-refractivity contribution in [3.05, 3.63) is 41.7 Å². The van der Waals surface area contributed by atoms with Crippen LogP contribution in [0.5, 0.6) is 0 Å². The number of hydrogen-bond acceptors (Lipinski definition) is 3. The Balaban J connectivity index is 1.83. The van der Waals surface area contributed by atoms with E-state index in [9.17, 15) is 8.42 Å². The molecule has 1 aromatic heterocycles. The summed E-state index contributed by atoms with van der Waals surface area (Å²) in [6.07, 6.45) is 10.9. The summed E-state index contributed by atoms with van der Waals surface area (Å²) in [5.41, 5.74) is 2.03. The van der Waals surface area contributed by atoms with Crippen molar-refractivity contribution in [2.24, 2.45) is 0 Å². The molecule has 0 aliphatic heterocycles. The number of aryl methyl sites for hydroxylation is 1. The molecule has 0 bridgehead atoms. The molecule has 0 aliphatic rings. The van der Waals surface area contributed by atoms with Crippen LogP contribution >= 0.6 is 0 Å². The summed E-state index contributed by atoms with van der Waals surface area (Å²) in [5, 5.41) is 4.44. The van der Waals surface area contributed by atoms with Gasteiger partial charge in [0.2, 0.25) is 10.0 Å². The highest BCUT2D eigenvalue weighted by Gasteiger charge is 2.24. The Kier molecular flexibility index (Phi) is 9.19. The maximum Gasteiger partial charge on any atom is 0.244 e. The van der Waals surface area contributed by atoms with Gasteiger partial charge in [-0.15, -0.1) is 0 Å². The minimum atomic E-state index is -3.55. The Hall–Kier alpha value is -1.66. The van der Waals surface area contributed by atoms with Crippen molar-refractivity contribution in [1.29, 1.82) is 0 Å². The normalized spacial score (nSPS) is 11.8. The average molecular weight is 406 g/mol. The number of hydrogen-bond donors (Lipinski definition) is 1. The van der Waals surface area contributed by atoms with E-state index in [0.717, 1.165) is 18.5 Å². The monoisotopic (exact) mass is 405 g/mol. The molecule has 1 N–H and O–H groups in total. The van der Waals surface area contributed by atoms with Gasteiger partial charge in [-0.1, -0.05) is 76.5 Å². The lowest BCUT2D eigenvalue weighted by atomic mass is 10.1. The van der Waals surface area contributed by atoms with Crippen molar-refractivity contribution >= 4 is 10.0 Å². The van der Waals surface area contributed by atoms with Crippen molar-refractivity contribution in [3.63, 3.8) is 0 Å². The lowest BCUT2D eigenvalue weighted by Crippen LogP contribution is -2.25. The molecule has 0 amide bonds. The van der Waals surface area contributed by atoms with Crippen LogP contribution in [-0.2, 0) is 10.0 Å². The molecule has 156 valence electrons. The predicted molar refractivity (Wildman–Crippen MR) is 115 cm³/mol. The molecule has 0 unspecified atom stereocenters. The third kappa shape index (κ3) is 6.45. The van der Waals surface area contributed by atoms with Gasteiger partial charge in [-0.25, -0.2) is 17.8 Å². The fraction of sp³-hybridized carbons (Fsp3) is 0.591. The predicted octanol–water partition coefficient (Wildman–Crippen LogP) is 5.30. The average Bonchev–Trinajstić information content (AvgIpc) is 2.99. The molecule has 0 fully saturated rings. The molecular formula is C22H35N3O2S. The van der Waals surface area contributed by atoms with Crippen LogP contribution in [0.1, 0.15) is 76.1 Å². The molecule has 0 saturated heterocycles. The van der Waals surface area contributed by atoms with Crippen molar-refractivity contribution in [1.82, 2.24) is 14.5 Å². The molecule has 5 nitrogen and oxygen atoms in total. The zero-order valence-corrected chi connectivity index (χ0v) is 18.4. The third-order valence-electron chi connectivity index (χ3n) is 5.07. The van der Waals surface area contributed by atoms with Gasteiger partial charge in [-0.3, -0.25) is 0 Å². The summed E-state index contributed by atoms with van der Waals surface area (Å²) >= 11 is 0.